The molecule has 2 aliphatic carbocycles. The van der Waals surface area contributed by atoms with Crippen molar-refractivity contribution in [2.45, 2.75) is 76.9 Å². The normalized spacial score (nSPS) is 19.9. The molecule has 2 fully saturated rings. The predicted octanol–water partition coefficient (Wildman–Crippen LogP) is 4.23. The number of ether oxygens (including phenoxy) is 3. The molecule has 2 aromatic heterocycles. The Balaban J connectivity index is 1.53. The minimum atomic E-state index is -0.381. The second-order valence-corrected chi connectivity index (χ2v) is 9.82. The summed E-state index contributed by atoms with van der Waals surface area (Å²) in [4.78, 5) is 30.9. The molecule has 2 heterocycles. The number of amides is 1. The average molecular weight is 500 g/mol. The van der Waals surface area contributed by atoms with E-state index in [1.807, 2.05) is 19.1 Å². The van der Waals surface area contributed by atoms with Gasteiger partial charge >= 0.3 is 12.1 Å². The molecule has 2 atom stereocenters. The van der Waals surface area contributed by atoms with Crippen molar-refractivity contribution in [3.05, 3.63) is 23.5 Å². The molecule has 0 aliphatic heterocycles. The number of pyridine rings is 1. The van der Waals surface area contributed by atoms with Crippen molar-refractivity contribution in [1.29, 1.82) is 0 Å². The Labute approximate surface area is 212 Å². The molecule has 0 radical (unpaired) electrons. The Hall–Kier alpha value is -3.17. The predicted molar refractivity (Wildman–Crippen MR) is 132 cm³/mol. The molecular weight excluding hydrogens is 462 g/mol. The van der Waals surface area contributed by atoms with Crippen LogP contribution in [0.5, 0.6) is 5.75 Å². The third-order valence-electron chi connectivity index (χ3n) is 7.22. The van der Waals surface area contributed by atoms with Gasteiger partial charge in [0.1, 0.15) is 23.7 Å². The summed E-state index contributed by atoms with van der Waals surface area (Å²) in [6.07, 6.45) is 7.08. The van der Waals surface area contributed by atoms with E-state index in [0.29, 0.717) is 36.0 Å². The maximum Gasteiger partial charge on any atom is 0.409 e. The van der Waals surface area contributed by atoms with Crippen LogP contribution in [0.2, 0.25) is 0 Å². The number of aromatic nitrogens is 4. The molecule has 0 N–H and O–H groups in total. The van der Waals surface area contributed by atoms with Crippen LogP contribution in [0.1, 0.15) is 75.6 Å². The van der Waals surface area contributed by atoms with Gasteiger partial charge in [0.25, 0.3) is 0 Å². The van der Waals surface area contributed by atoms with Crippen molar-refractivity contribution in [1.82, 2.24) is 24.9 Å². The zero-order chi connectivity index (χ0) is 25.7. The van der Waals surface area contributed by atoms with Gasteiger partial charge in [-0.1, -0.05) is 18.6 Å². The number of hydrogen-bond donors (Lipinski definition) is 0. The Morgan fingerprint density at radius 1 is 1.17 bits per heavy atom. The fourth-order valence-electron chi connectivity index (χ4n) is 4.88. The molecule has 10 nitrogen and oxygen atoms in total. The van der Waals surface area contributed by atoms with Gasteiger partial charge in [-0.05, 0) is 57.1 Å². The minimum Gasteiger partial charge on any atom is -0.488 e. The average Bonchev–Trinajstić information content (AvgIpc) is 3.22. The Kier molecular flexibility index (Phi) is 8.43. The fraction of sp³-hybridized carbons (Fsp3) is 0.654. The number of hydrogen-bond acceptors (Lipinski definition) is 8. The third kappa shape index (κ3) is 5.79. The first-order valence-corrected chi connectivity index (χ1v) is 12.9. The molecule has 196 valence electrons. The molecule has 2 saturated carbocycles. The van der Waals surface area contributed by atoms with E-state index < -0.39 is 0 Å². The van der Waals surface area contributed by atoms with Gasteiger partial charge in [-0.2, -0.15) is 0 Å². The monoisotopic (exact) mass is 499 g/mol. The van der Waals surface area contributed by atoms with Crippen LogP contribution in [0.25, 0.3) is 11.4 Å². The van der Waals surface area contributed by atoms with E-state index >= 15 is 0 Å². The van der Waals surface area contributed by atoms with Gasteiger partial charge in [0, 0.05) is 26.6 Å². The topological polar surface area (TPSA) is 109 Å². The highest BCUT2D eigenvalue weighted by molar-refractivity contribution is 5.72. The van der Waals surface area contributed by atoms with Crippen molar-refractivity contribution >= 4 is 12.1 Å². The SMILES string of the molecule is CCCN(C)C(=O)OCc1c(-c2ccc(O[C@H]3CCC[C@H](C(=O)OC)C3)c(C3CCC3)n2)nnn1C. The molecule has 0 spiro atoms. The van der Waals surface area contributed by atoms with Gasteiger partial charge in [0.05, 0.1) is 30.5 Å². The van der Waals surface area contributed by atoms with E-state index in [9.17, 15) is 9.59 Å². The fourth-order valence-corrected chi connectivity index (χ4v) is 4.88. The smallest absolute Gasteiger partial charge is 0.409 e. The minimum absolute atomic E-state index is 0.0408. The summed E-state index contributed by atoms with van der Waals surface area (Å²) < 4.78 is 18.5. The van der Waals surface area contributed by atoms with E-state index in [1.165, 1.54) is 13.5 Å². The zero-order valence-electron chi connectivity index (χ0n) is 21.7. The number of carbonyl (C=O) groups excluding carboxylic acids is 2. The van der Waals surface area contributed by atoms with Crippen molar-refractivity contribution in [3.8, 4) is 17.1 Å². The van der Waals surface area contributed by atoms with Crippen LogP contribution >= 0.6 is 0 Å². The van der Waals surface area contributed by atoms with Gasteiger partial charge in [0.15, 0.2) is 0 Å². The molecule has 4 rings (SSSR count). The second kappa shape index (κ2) is 11.7. The highest BCUT2D eigenvalue weighted by Crippen LogP contribution is 2.42. The number of aryl methyl sites for hydroxylation is 1. The second-order valence-electron chi connectivity index (χ2n) is 9.82. The van der Waals surface area contributed by atoms with Gasteiger partial charge in [-0.25, -0.2) is 14.5 Å². The van der Waals surface area contributed by atoms with Crippen LogP contribution in [-0.2, 0) is 27.9 Å². The van der Waals surface area contributed by atoms with E-state index in [2.05, 4.69) is 10.3 Å². The summed E-state index contributed by atoms with van der Waals surface area (Å²) in [5, 5.41) is 8.48. The first-order chi connectivity index (χ1) is 17.4. The van der Waals surface area contributed by atoms with Crippen molar-refractivity contribution in [2.24, 2.45) is 13.0 Å². The molecule has 2 aromatic rings. The summed E-state index contributed by atoms with van der Waals surface area (Å²) in [5.41, 5.74) is 2.89. The van der Waals surface area contributed by atoms with Crippen molar-refractivity contribution in [2.75, 3.05) is 20.7 Å². The molecule has 0 unspecified atom stereocenters. The van der Waals surface area contributed by atoms with Crippen LogP contribution in [-0.4, -0.2) is 63.7 Å². The lowest BCUT2D eigenvalue weighted by molar-refractivity contribution is -0.147. The standard InChI is InChI=1S/C26H37N5O5/c1-5-14-30(2)26(33)35-16-21-24(28-29-31(21)3)20-12-13-22(23(27-20)17-8-6-9-17)36-19-11-7-10-18(15-19)25(32)34-4/h12-13,17-19H,5-11,14-16H2,1-4H3/t18-,19-/m0/s1. The first-order valence-electron chi connectivity index (χ1n) is 12.9. The van der Waals surface area contributed by atoms with Crippen LogP contribution in [0.15, 0.2) is 12.1 Å². The maximum atomic E-state index is 12.3. The number of esters is 1. The number of carbonyl (C=O) groups is 2. The van der Waals surface area contributed by atoms with Crippen molar-refractivity contribution in [3.63, 3.8) is 0 Å². The third-order valence-corrected chi connectivity index (χ3v) is 7.22. The Morgan fingerprint density at radius 2 is 1.94 bits per heavy atom. The van der Waals surface area contributed by atoms with Gasteiger partial charge in [-0.15, -0.1) is 5.10 Å². The molecule has 2 aliphatic rings. The molecule has 0 aromatic carbocycles. The van der Waals surface area contributed by atoms with Gasteiger partial charge in [0.2, 0.25) is 0 Å². The molecule has 0 bridgehead atoms. The Morgan fingerprint density at radius 3 is 2.64 bits per heavy atom. The summed E-state index contributed by atoms with van der Waals surface area (Å²) in [6.45, 7) is 2.70. The van der Waals surface area contributed by atoms with Gasteiger partial charge in [-0.3, -0.25) is 4.79 Å². The van der Waals surface area contributed by atoms with Crippen LogP contribution < -0.4 is 4.74 Å². The van der Waals surface area contributed by atoms with Crippen LogP contribution in [0, 0.1) is 5.92 Å². The Bertz CT molecular complexity index is 1070. The van der Waals surface area contributed by atoms with E-state index in [1.54, 1.807) is 23.7 Å². The molecule has 1 amide bonds. The quantitative estimate of drug-likeness (QED) is 0.472. The number of rotatable bonds is 9. The van der Waals surface area contributed by atoms with Gasteiger partial charge < -0.3 is 19.1 Å². The highest BCUT2D eigenvalue weighted by atomic mass is 16.6. The lowest BCUT2D eigenvalue weighted by atomic mass is 9.82. The largest absolute Gasteiger partial charge is 0.488 e. The van der Waals surface area contributed by atoms with Crippen LogP contribution in [0.3, 0.4) is 0 Å². The molecule has 0 saturated heterocycles. The summed E-state index contributed by atoms with van der Waals surface area (Å²) in [5.74, 6) is 0.833. The number of nitrogens with zero attached hydrogens (tertiary/aromatic N) is 5. The maximum absolute atomic E-state index is 12.3. The summed E-state index contributed by atoms with van der Waals surface area (Å²) >= 11 is 0. The summed E-state index contributed by atoms with van der Waals surface area (Å²) in [6, 6.07) is 3.84. The first kappa shape index (κ1) is 25.9. The molecule has 10 heteroatoms. The van der Waals surface area contributed by atoms with Crippen molar-refractivity contribution < 1.29 is 23.8 Å². The van der Waals surface area contributed by atoms with E-state index in [4.69, 9.17) is 19.2 Å². The summed E-state index contributed by atoms with van der Waals surface area (Å²) in [7, 11) is 4.94. The highest BCUT2D eigenvalue weighted by Gasteiger charge is 2.32. The lowest BCUT2D eigenvalue weighted by Crippen LogP contribution is -2.30. The number of methoxy groups -OCH3 is 1. The molecule has 36 heavy (non-hydrogen) atoms. The van der Waals surface area contributed by atoms with Crippen LogP contribution in [0.4, 0.5) is 4.79 Å². The van der Waals surface area contributed by atoms with E-state index in [-0.39, 0.29) is 30.7 Å². The molecular formula is C26H37N5O5. The van der Waals surface area contributed by atoms with E-state index in [0.717, 1.165) is 50.0 Å². The lowest BCUT2D eigenvalue weighted by Gasteiger charge is -2.31. The zero-order valence-corrected chi connectivity index (χ0v) is 21.7.